The Kier molecular flexibility index (Phi) is 9.44. The zero-order valence-electron chi connectivity index (χ0n) is 24.7. The van der Waals surface area contributed by atoms with Crippen molar-refractivity contribution < 1.29 is 24.1 Å². The van der Waals surface area contributed by atoms with Crippen LogP contribution in [0.3, 0.4) is 0 Å². The monoisotopic (exact) mass is 581 g/mol. The molecule has 1 atom stereocenters. The molecule has 1 aliphatic rings. The molecule has 1 aromatic carbocycles. The molecule has 2 aromatic heterocycles. The van der Waals surface area contributed by atoms with Crippen LogP contribution in [-0.4, -0.2) is 52.9 Å². The first-order chi connectivity index (χ1) is 19.3. The molecule has 9 heteroatoms. The third-order valence-electron chi connectivity index (χ3n) is 7.13. The number of anilines is 1. The van der Waals surface area contributed by atoms with Gasteiger partial charge in [0.25, 0.3) is 0 Å². The van der Waals surface area contributed by atoms with Crippen LogP contribution in [0.15, 0.2) is 48.8 Å². The quantitative estimate of drug-likeness (QED) is 0.253. The summed E-state index contributed by atoms with van der Waals surface area (Å²) in [4.78, 5) is 24.2. The number of carboxylic acid groups (broad SMARTS) is 1. The highest BCUT2D eigenvalue weighted by Crippen LogP contribution is 2.43. The molecule has 1 saturated heterocycles. The second-order valence-electron chi connectivity index (χ2n) is 12.1. The Hall–Kier alpha value is -3.36. The van der Waals surface area contributed by atoms with Gasteiger partial charge >= 0.3 is 5.97 Å². The lowest BCUT2D eigenvalue weighted by Crippen LogP contribution is -2.39. The number of rotatable bonds is 10. The van der Waals surface area contributed by atoms with Crippen molar-refractivity contribution in [3.63, 3.8) is 0 Å². The van der Waals surface area contributed by atoms with Crippen LogP contribution in [0.1, 0.15) is 64.8 Å². The van der Waals surface area contributed by atoms with Gasteiger partial charge in [-0.2, -0.15) is 0 Å². The summed E-state index contributed by atoms with van der Waals surface area (Å²) >= 11 is 5.92. The molecular weight excluding hydrogens is 542 g/mol. The standard InChI is InChI=1S/C32H40ClN3O5/c1-21-27(29(30(37)38)41-31(2,3)4)28(36-15-13-32(5,6)14-16-36)25(20-34-21)26-12-11-24(19-35-26)40-18-17-39-23-9-7-22(33)8-10-23/h7-12,19-20,29H,13-18H2,1-6H3,(H,37,38)/t29-/m0/s1. The number of aliphatic carboxylic acids is 1. The second-order valence-corrected chi connectivity index (χ2v) is 12.6. The number of halogens is 1. The van der Waals surface area contributed by atoms with Crippen LogP contribution in [0.2, 0.25) is 5.02 Å². The molecule has 1 N–H and O–H groups in total. The van der Waals surface area contributed by atoms with E-state index in [0.717, 1.165) is 42.9 Å². The number of pyridine rings is 2. The van der Waals surface area contributed by atoms with Crippen molar-refractivity contribution in [1.82, 2.24) is 9.97 Å². The minimum absolute atomic E-state index is 0.224. The summed E-state index contributed by atoms with van der Waals surface area (Å²) in [5.41, 5.74) is 3.04. The van der Waals surface area contributed by atoms with Crippen molar-refractivity contribution in [2.24, 2.45) is 5.41 Å². The van der Waals surface area contributed by atoms with E-state index in [1.807, 2.05) is 52.0 Å². The molecule has 0 amide bonds. The number of carbonyl (C=O) groups is 1. The molecule has 0 bridgehead atoms. The highest BCUT2D eigenvalue weighted by atomic mass is 35.5. The molecule has 0 aliphatic carbocycles. The fraction of sp³-hybridized carbons (Fsp3) is 0.469. The third kappa shape index (κ3) is 8.11. The van der Waals surface area contributed by atoms with Crippen molar-refractivity contribution in [3.8, 4) is 22.8 Å². The molecule has 0 unspecified atom stereocenters. The number of benzene rings is 1. The van der Waals surface area contributed by atoms with Gasteiger partial charge in [-0.1, -0.05) is 25.4 Å². The Morgan fingerprint density at radius 2 is 1.61 bits per heavy atom. The molecule has 3 heterocycles. The number of aromatic nitrogens is 2. The van der Waals surface area contributed by atoms with Crippen molar-refractivity contribution in [2.75, 3.05) is 31.2 Å². The van der Waals surface area contributed by atoms with Crippen LogP contribution in [0, 0.1) is 12.3 Å². The topological polar surface area (TPSA) is 94.0 Å². The Bertz CT molecular complexity index is 1330. The lowest BCUT2D eigenvalue weighted by Gasteiger charge is -2.40. The van der Waals surface area contributed by atoms with Gasteiger partial charge < -0.3 is 24.2 Å². The van der Waals surface area contributed by atoms with Crippen LogP contribution in [-0.2, 0) is 9.53 Å². The molecule has 1 aliphatic heterocycles. The largest absolute Gasteiger partial charge is 0.490 e. The minimum atomic E-state index is -1.17. The van der Waals surface area contributed by atoms with E-state index in [1.54, 1.807) is 24.5 Å². The Labute approximate surface area is 247 Å². The van der Waals surface area contributed by atoms with Gasteiger partial charge in [-0.3, -0.25) is 9.97 Å². The van der Waals surface area contributed by atoms with E-state index in [4.69, 9.17) is 30.8 Å². The average Bonchev–Trinajstić information content (AvgIpc) is 2.91. The zero-order valence-corrected chi connectivity index (χ0v) is 25.5. The summed E-state index contributed by atoms with van der Waals surface area (Å²) < 4.78 is 17.7. The van der Waals surface area contributed by atoms with Crippen molar-refractivity contribution in [1.29, 1.82) is 0 Å². The molecule has 41 heavy (non-hydrogen) atoms. The first-order valence-electron chi connectivity index (χ1n) is 14.0. The molecule has 0 radical (unpaired) electrons. The van der Waals surface area contributed by atoms with Crippen LogP contribution >= 0.6 is 11.6 Å². The number of hydrogen-bond donors (Lipinski definition) is 1. The average molecular weight is 582 g/mol. The minimum Gasteiger partial charge on any atom is -0.490 e. The molecule has 8 nitrogen and oxygen atoms in total. The van der Waals surface area contributed by atoms with Gasteiger partial charge in [0.2, 0.25) is 0 Å². The Morgan fingerprint density at radius 3 is 2.17 bits per heavy atom. The second kappa shape index (κ2) is 12.7. The summed E-state index contributed by atoms with van der Waals surface area (Å²) in [6.07, 6.45) is 4.26. The normalized spacial score (nSPS) is 15.8. The highest BCUT2D eigenvalue weighted by Gasteiger charge is 2.36. The predicted octanol–water partition coefficient (Wildman–Crippen LogP) is 7.13. The lowest BCUT2D eigenvalue weighted by atomic mass is 9.82. The van der Waals surface area contributed by atoms with Gasteiger partial charge in [0.05, 0.1) is 23.2 Å². The third-order valence-corrected chi connectivity index (χ3v) is 7.38. The maximum Gasteiger partial charge on any atom is 0.337 e. The van der Waals surface area contributed by atoms with Gasteiger partial charge in [-0.25, -0.2) is 4.79 Å². The molecule has 1 fully saturated rings. The van der Waals surface area contributed by atoms with E-state index in [0.29, 0.717) is 40.9 Å². The summed E-state index contributed by atoms with van der Waals surface area (Å²) in [6.45, 7) is 14.3. The summed E-state index contributed by atoms with van der Waals surface area (Å²) in [5.74, 6) is 0.283. The summed E-state index contributed by atoms with van der Waals surface area (Å²) in [5, 5.41) is 10.9. The SMILES string of the molecule is Cc1ncc(-c2ccc(OCCOc3ccc(Cl)cc3)cn2)c(N2CCC(C)(C)CC2)c1[C@H](OC(C)(C)C)C(=O)O. The van der Waals surface area contributed by atoms with Crippen molar-refractivity contribution in [3.05, 3.63) is 65.1 Å². The van der Waals surface area contributed by atoms with Crippen LogP contribution < -0.4 is 14.4 Å². The number of aryl methyl sites for hydroxylation is 1. The predicted molar refractivity (Wildman–Crippen MR) is 161 cm³/mol. The van der Waals surface area contributed by atoms with Crippen LogP contribution in [0.25, 0.3) is 11.3 Å². The number of nitrogens with zero attached hydrogens (tertiary/aromatic N) is 3. The molecule has 3 aromatic rings. The number of piperidine rings is 1. The Morgan fingerprint density at radius 1 is 1.00 bits per heavy atom. The Balaban J connectivity index is 1.61. The van der Waals surface area contributed by atoms with Gasteiger partial charge in [-0.05, 0) is 82.3 Å². The molecule has 0 saturated carbocycles. The molecule has 0 spiro atoms. The van der Waals surface area contributed by atoms with Crippen LogP contribution in [0.5, 0.6) is 11.5 Å². The van der Waals surface area contributed by atoms with E-state index in [1.165, 1.54) is 0 Å². The van der Waals surface area contributed by atoms with Crippen molar-refractivity contribution >= 4 is 23.3 Å². The van der Waals surface area contributed by atoms with E-state index in [9.17, 15) is 9.90 Å². The van der Waals surface area contributed by atoms with Crippen molar-refractivity contribution in [2.45, 2.75) is 66.1 Å². The molecular formula is C32H40ClN3O5. The first-order valence-corrected chi connectivity index (χ1v) is 14.3. The fourth-order valence-electron chi connectivity index (χ4n) is 4.85. The van der Waals surface area contributed by atoms with Crippen LogP contribution in [0.4, 0.5) is 5.69 Å². The van der Waals surface area contributed by atoms with Gasteiger partial charge in [0.15, 0.2) is 6.10 Å². The number of carboxylic acids is 1. The van der Waals surface area contributed by atoms with E-state index in [2.05, 4.69) is 23.7 Å². The highest BCUT2D eigenvalue weighted by molar-refractivity contribution is 6.30. The van der Waals surface area contributed by atoms with Gasteiger partial charge in [0, 0.05) is 41.1 Å². The number of ether oxygens (including phenoxy) is 3. The summed E-state index contributed by atoms with van der Waals surface area (Å²) in [6, 6.07) is 10.9. The number of hydrogen-bond acceptors (Lipinski definition) is 7. The maximum atomic E-state index is 12.6. The first kappa shape index (κ1) is 30.6. The van der Waals surface area contributed by atoms with Gasteiger partial charge in [0.1, 0.15) is 24.7 Å². The van der Waals surface area contributed by atoms with E-state index >= 15 is 0 Å². The smallest absolute Gasteiger partial charge is 0.337 e. The summed E-state index contributed by atoms with van der Waals surface area (Å²) in [7, 11) is 0. The fourth-order valence-corrected chi connectivity index (χ4v) is 4.97. The molecule has 220 valence electrons. The van der Waals surface area contributed by atoms with E-state index in [-0.39, 0.29) is 5.41 Å². The van der Waals surface area contributed by atoms with Gasteiger partial charge in [-0.15, -0.1) is 0 Å². The zero-order chi connectivity index (χ0) is 29.8. The van der Waals surface area contributed by atoms with E-state index < -0.39 is 17.7 Å². The maximum absolute atomic E-state index is 12.6. The lowest BCUT2D eigenvalue weighted by molar-refractivity contribution is -0.160. The molecule has 4 rings (SSSR count).